The van der Waals surface area contributed by atoms with Crippen LogP contribution in [0.5, 0.6) is 0 Å². The zero-order valence-electron chi connectivity index (χ0n) is 29.8. The Bertz CT molecular complexity index is 1290. The number of hydrogen-bond donors (Lipinski definition) is 2. The maximum Gasteiger partial charge on any atom is 0.339 e. The summed E-state index contributed by atoms with van der Waals surface area (Å²) in [5, 5.41) is 20.3. The third-order valence-electron chi connectivity index (χ3n) is 8.03. The van der Waals surface area contributed by atoms with Gasteiger partial charge in [-0.25, -0.2) is 18.4 Å². The summed E-state index contributed by atoms with van der Waals surface area (Å²) in [4.78, 5) is 24.4. The largest absolute Gasteiger partial charge is 0.449 e. The number of aliphatic hydroxyl groups excluding tert-OH is 2. The van der Waals surface area contributed by atoms with Gasteiger partial charge in [-0.1, -0.05) is 111 Å². The van der Waals surface area contributed by atoms with Crippen LogP contribution in [0.2, 0.25) is 0 Å². The van der Waals surface area contributed by atoms with E-state index in [1.54, 1.807) is 66.7 Å². The van der Waals surface area contributed by atoms with E-state index in [9.17, 15) is 28.6 Å². The quantitative estimate of drug-likeness (QED) is 0.129. The Morgan fingerprint density at radius 3 is 1.60 bits per heavy atom. The summed E-state index contributed by atoms with van der Waals surface area (Å²) in [6, 6.07) is 16.8. The van der Waals surface area contributed by atoms with Crippen molar-refractivity contribution in [1.29, 1.82) is 0 Å². The van der Waals surface area contributed by atoms with Crippen LogP contribution < -0.4 is 0 Å². The highest BCUT2D eigenvalue weighted by Gasteiger charge is 2.33. The van der Waals surface area contributed by atoms with Gasteiger partial charge in [-0.05, 0) is 79.0 Å². The molecule has 2 aromatic carbocycles. The van der Waals surface area contributed by atoms with E-state index in [2.05, 4.69) is 0 Å². The van der Waals surface area contributed by atoms with E-state index in [0.29, 0.717) is 17.9 Å². The van der Waals surface area contributed by atoms with Crippen LogP contribution in [0.3, 0.4) is 0 Å². The Balaban J connectivity index is 0.000000482. The van der Waals surface area contributed by atoms with E-state index in [-0.39, 0.29) is 29.7 Å². The maximum atomic E-state index is 14.7. The first-order valence-electron chi connectivity index (χ1n) is 17.0. The Morgan fingerprint density at radius 1 is 0.708 bits per heavy atom. The zero-order valence-corrected chi connectivity index (χ0v) is 29.8. The highest BCUT2D eigenvalue weighted by molar-refractivity contribution is 5.90. The van der Waals surface area contributed by atoms with Crippen LogP contribution in [0.1, 0.15) is 102 Å². The van der Waals surface area contributed by atoms with Gasteiger partial charge in [0.15, 0.2) is 12.2 Å². The van der Waals surface area contributed by atoms with Gasteiger partial charge in [-0.2, -0.15) is 0 Å². The van der Waals surface area contributed by atoms with Gasteiger partial charge in [0.1, 0.15) is 17.8 Å². The molecule has 2 rings (SSSR count). The van der Waals surface area contributed by atoms with Crippen molar-refractivity contribution in [2.75, 3.05) is 0 Å². The lowest BCUT2D eigenvalue weighted by Gasteiger charge is -2.26. The monoisotopic (exact) mass is 670 g/mol. The molecule has 48 heavy (non-hydrogen) atoms. The van der Waals surface area contributed by atoms with Crippen LogP contribution >= 0.6 is 0 Å². The number of hydrogen-bond acceptors (Lipinski definition) is 6. The lowest BCUT2D eigenvalue weighted by molar-refractivity contribution is -0.0657. The molecule has 0 radical (unpaired) electrons. The Labute approximate surface area is 286 Å². The van der Waals surface area contributed by atoms with Crippen molar-refractivity contribution >= 4 is 11.9 Å². The SMILES string of the molecule is CCC/C=C\C(OC(=O)c1ccccc1)/C(F)=C\[C@H](C)C(C)C.CCC[C@@H](O)[C@@H](O)C(OC(=O)c1ccccc1)/C(F)=C\[C@H](C)C(C)C. The van der Waals surface area contributed by atoms with Gasteiger partial charge in [0.05, 0.1) is 17.2 Å². The van der Waals surface area contributed by atoms with Gasteiger partial charge in [0.25, 0.3) is 0 Å². The Morgan fingerprint density at radius 2 is 1.17 bits per heavy atom. The zero-order chi connectivity index (χ0) is 36.2. The molecule has 8 heteroatoms. The Hall–Kier alpha value is -3.62. The number of aliphatic hydroxyl groups is 2. The lowest BCUT2D eigenvalue weighted by atomic mass is 9.95. The fourth-order valence-corrected chi connectivity index (χ4v) is 4.12. The third kappa shape index (κ3) is 15.5. The van der Waals surface area contributed by atoms with Gasteiger partial charge in [0.2, 0.25) is 0 Å². The van der Waals surface area contributed by atoms with Gasteiger partial charge in [-0.3, -0.25) is 0 Å². The van der Waals surface area contributed by atoms with Crippen LogP contribution in [-0.2, 0) is 9.47 Å². The summed E-state index contributed by atoms with van der Waals surface area (Å²) < 4.78 is 39.8. The molecule has 0 amide bonds. The van der Waals surface area contributed by atoms with E-state index >= 15 is 0 Å². The normalized spacial score (nSPS) is 16.0. The maximum absolute atomic E-state index is 14.7. The first-order chi connectivity index (χ1) is 22.7. The van der Waals surface area contributed by atoms with Crippen molar-refractivity contribution in [3.05, 3.63) is 108 Å². The molecular weight excluding hydrogens is 614 g/mol. The molecule has 0 spiro atoms. The molecule has 2 N–H and O–H groups in total. The number of unbranched alkanes of at least 4 members (excludes halogenated alkanes) is 1. The number of benzene rings is 2. The molecule has 266 valence electrons. The van der Waals surface area contributed by atoms with Crippen molar-refractivity contribution in [2.24, 2.45) is 23.7 Å². The standard InChI is InChI=1S/C20H29FO4.C20H27FO2/c1-5-9-17(22)18(23)19(16(21)12-14(4)13(2)3)25-20(24)15-10-7-6-8-11-15;1-5-6-8-13-19(18(21)14-16(4)15(2)3)23-20(22)17-11-9-7-10-12-17/h6-8,10-14,17-19,22-23H,5,9H2,1-4H3;7-16,19H,5-6H2,1-4H3/b16-12+;13-8-,18-14+/t14-,17+,18+,19?;16-,19?/m00/s1. The molecule has 0 saturated carbocycles. The van der Waals surface area contributed by atoms with Crippen LogP contribution in [-0.4, -0.2) is 46.6 Å². The lowest BCUT2D eigenvalue weighted by Crippen LogP contribution is -2.41. The van der Waals surface area contributed by atoms with Gasteiger partial charge >= 0.3 is 11.9 Å². The first kappa shape index (κ1) is 42.4. The summed E-state index contributed by atoms with van der Waals surface area (Å²) in [7, 11) is 0. The smallest absolute Gasteiger partial charge is 0.339 e. The van der Waals surface area contributed by atoms with E-state index in [4.69, 9.17) is 9.47 Å². The van der Waals surface area contributed by atoms with Crippen molar-refractivity contribution < 1.29 is 38.1 Å². The topological polar surface area (TPSA) is 93.1 Å². The van der Waals surface area contributed by atoms with Crippen molar-refractivity contribution in [3.8, 4) is 0 Å². The minimum Gasteiger partial charge on any atom is -0.449 e. The van der Waals surface area contributed by atoms with E-state index in [0.717, 1.165) is 12.8 Å². The fourth-order valence-electron chi connectivity index (χ4n) is 4.12. The third-order valence-corrected chi connectivity index (χ3v) is 8.03. The number of carbonyl (C=O) groups is 2. The van der Waals surface area contributed by atoms with E-state index < -0.39 is 48.0 Å². The van der Waals surface area contributed by atoms with Crippen LogP contribution in [0.15, 0.2) is 96.6 Å². The summed E-state index contributed by atoms with van der Waals surface area (Å²) >= 11 is 0. The average molecular weight is 671 g/mol. The molecule has 0 bridgehead atoms. The molecule has 6 atom stereocenters. The van der Waals surface area contributed by atoms with Crippen LogP contribution in [0.4, 0.5) is 8.78 Å². The Kier molecular flexibility index (Phi) is 20.2. The minimum atomic E-state index is -1.53. The van der Waals surface area contributed by atoms with Crippen LogP contribution in [0.25, 0.3) is 0 Å². The number of halogens is 2. The molecule has 0 fully saturated rings. The molecule has 2 aromatic rings. The van der Waals surface area contributed by atoms with Gasteiger partial charge in [0, 0.05) is 0 Å². The predicted octanol–water partition coefficient (Wildman–Crippen LogP) is 9.59. The van der Waals surface area contributed by atoms with Gasteiger partial charge in [-0.15, -0.1) is 0 Å². The summed E-state index contributed by atoms with van der Waals surface area (Å²) in [5.74, 6) is -1.93. The summed E-state index contributed by atoms with van der Waals surface area (Å²) in [6.07, 6.45) is 3.87. The highest BCUT2D eigenvalue weighted by Crippen LogP contribution is 2.24. The van der Waals surface area contributed by atoms with Crippen molar-refractivity contribution in [2.45, 2.75) is 105 Å². The molecule has 6 nitrogen and oxygen atoms in total. The molecule has 0 aromatic heterocycles. The molecule has 0 aliphatic rings. The number of allylic oxidation sites excluding steroid dienone is 3. The molecular formula is C40H56F2O6. The molecule has 0 aliphatic heterocycles. The number of carbonyl (C=O) groups excluding carboxylic acids is 2. The van der Waals surface area contributed by atoms with E-state index in [1.807, 2.05) is 67.5 Å². The van der Waals surface area contributed by atoms with Crippen molar-refractivity contribution in [3.63, 3.8) is 0 Å². The first-order valence-corrected chi connectivity index (χ1v) is 17.0. The second-order valence-electron chi connectivity index (χ2n) is 12.8. The molecule has 0 aliphatic carbocycles. The van der Waals surface area contributed by atoms with E-state index in [1.165, 1.54) is 6.08 Å². The number of rotatable bonds is 17. The minimum absolute atomic E-state index is 0.0764. The molecule has 2 unspecified atom stereocenters. The number of esters is 2. The van der Waals surface area contributed by atoms with Crippen LogP contribution in [0, 0.1) is 23.7 Å². The fraction of sp³-hybridized carbons (Fsp3) is 0.500. The van der Waals surface area contributed by atoms with Gasteiger partial charge < -0.3 is 19.7 Å². The van der Waals surface area contributed by atoms with Crippen molar-refractivity contribution in [1.82, 2.24) is 0 Å². The highest BCUT2D eigenvalue weighted by atomic mass is 19.1. The second-order valence-corrected chi connectivity index (χ2v) is 12.8. The average Bonchev–Trinajstić information content (AvgIpc) is 3.07. The summed E-state index contributed by atoms with van der Waals surface area (Å²) in [5.41, 5.74) is 0.681. The summed E-state index contributed by atoms with van der Waals surface area (Å²) in [6.45, 7) is 15.6. The molecule has 0 heterocycles. The molecule has 0 saturated heterocycles. The number of ether oxygens (including phenoxy) is 2. The second kappa shape index (κ2) is 22.9. The predicted molar refractivity (Wildman–Crippen MR) is 189 cm³/mol.